The van der Waals surface area contributed by atoms with Gasteiger partial charge in [-0.1, -0.05) is 32.6 Å². The maximum atomic E-state index is 4.90. The molecule has 2 heterocycles. The summed E-state index contributed by atoms with van der Waals surface area (Å²) in [7, 11) is 0. The molecule has 0 saturated heterocycles. The summed E-state index contributed by atoms with van der Waals surface area (Å²) in [5.41, 5.74) is 2.50. The average molecular weight is 316 g/mol. The first-order valence-corrected chi connectivity index (χ1v) is 9.52. The van der Waals surface area contributed by atoms with Gasteiger partial charge in [0, 0.05) is 18.0 Å². The lowest BCUT2D eigenvalue weighted by Gasteiger charge is -2.34. The van der Waals surface area contributed by atoms with Gasteiger partial charge < -0.3 is 10.6 Å². The summed E-state index contributed by atoms with van der Waals surface area (Å²) in [6, 6.07) is 0.587. The van der Waals surface area contributed by atoms with Crippen molar-refractivity contribution in [2.24, 2.45) is 0 Å². The Kier molecular flexibility index (Phi) is 5.08. The fourth-order valence-electron chi connectivity index (χ4n) is 3.72. The molecule has 0 amide bonds. The maximum Gasteiger partial charge on any atom is 0.153 e. The predicted octanol–water partition coefficient (Wildman–Crippen LogP) is 4.70. The van der Waals surface area contributed by atoms with Crippen molar-refractivity contribution in [2.45, 2.75) is 96.6 Å². The Morgan fingerprint density at radius 2 is 1.96 bits per heavy atom. The first-order valence-electron chi connectivity index (χ1n) is 9.52. The van der Waals surface area contributed by atoms with E-state index in [-0.39, 0.29) is 5.54 Å². The molecule has 1 saturated carbocycles. The largest absolute Gasteiger partial charge is 0.376 e. The molecule has 0 spiro atoms. The molecule has 2 N–H and O–H groups in total. The second kappa shape index (κ2) is 7.06. The molecule has 4 nitrogen and oxygen atoms in total. The van der Waals surface area contributed by atoms with E-state index in [1.807, 2.05) is 0 Å². The minimum Gasteiger partial charge on any atom is -0.376 e. The second-order valence-corrected chi connectivity index (χ2v) is 7.90. The minimum atomic E-state index is 0.131. The summed E-state index contributed by atoms with van der Waals surface area (Å²) in [6.45, 7) is 6.78. The van der Waals surface area contributed by atoms with Crippen molar-refractivity contribution in [1.82, 2.24) is 9.97 Å². The Morgan fingerprint density at radius 3 is 2.70 bits per heavy atom. The number of aryl methyl sites for hydroxylation is 2. The van der Waals surface area contributed by atoms with E-state index in [0.717, 1.165) is 36.6 Å². The molecule has 1 aliphatic heterocycles. The summed E-state index contributed by atoms with van der Waals surface area (Å²) < 4.78 is 0. The van der Waals surface area contributed by atoms with Gasteiger partial charge >= 0.3 is 0 Å². The van der Waals surface area contributed by atoms with Crippen molar-refractivity contribution in [1.29, 1.82) is 0 Å². The van der Waals surface area contributed by atoms with E-state index in [9.17, 15) is 0 Å². The molecule has 4 heteroatoms. The smallest absolute Gasteiger partial charge is 0.153 e. The van der Waals surface area contributed by atoms with E-state index in [1.165, 1.54) is 50.6 Å². The van der Waals surface area contributed by atoms with Crippen LogP contribution in [-0.2, 0) is 12.8 Å². The molecular weight excluding hydrogens is 284 g/mol. The third-order valence-electron chi connectivity index (χ3n) is 5.18. The van der Waals surface area contributed by atoms with Crippen LogP contribution in [0.25, 0.3) is 0 Å². The van der Waals surface area contributed by atoms with Crippen LogP contribution >= 0.6 is 0 Å². The van der Waals surface area contributed by atoms with E-state index in [1.54, 1.807) is 0 Å². The van der Waals surface area contributed by atoms with E-state index >= 15 is 0 Å². The lowest BCUT2D eigenvalue weighted by Crippen LogP contribution is -2.37. The monoisotopic (exact) mass is 316 g/mol. The number of hydrogen-bond donors (Lipinski definition) is 2. The Labute approximate surface area is 140 Å². The maximum absolute atomic E-state index is 4.90. The van der Waals surface area contributed by atoms with Crippen molar-refractivity contribution < 1.29 is 0 Å². The number of hydrogen-bond acceptors (Lipinski definition) is 4. The van der Waals surface area contributed by atoms with Gasteiger partial charge in [-0.2, -0.15) is 0 Å². The third kappa shape index (κ3) is 4.15. The predicted molar refractivity (Wildman–Crippen MR) is 97.2 cm³/mol. The van der Waals surface area contributed by atoms with Gasteiger partial charge in [0.2, 0.25) is 0 Å². The molecule has 1 fully saturated rings. The summed E-state index contributed by atoms with van der Waals surface area (Å²) in [6.07, 6.45) is 12.1. The lowest BCUT2D eigenvalue weighted by molar-refractivity contribution is 0.494. The molecular formula is C19H32N4. The Balaban J connectivity index is 1.84. The highest BCUT2D eigenvalue weighted by Gasteiger charge is 2.29. The van der Waals surface area contributed by atoms with Crippen LogP contribution in [0.15, 0.2) is 0 Å². The first kappa shape index (κ1) is 16.5. The first-order chi connectivity index (χ1) is 11.1. The van der Waals surface area contributed by atoms with Gasteiger partial charge in [0.25, 0.3) is 0 Å². The zero-order valence-electron chi connectivity index (χ0n) is 15.0. The highest BCUT2D eigenvalue weighted by atomic mass is 15.1. The molecule has 23 heavy (non-hydrogen) atoms. The number of unbranched alkanes of at least 4 members (excludes halogenated alkanes) is 2. The fraction of sp³-hybridized carbons (Fsp3) is 0.789. The highest BCUT2D eigenvalue weighted by molar-refractivity contribution is 5.69. The molecule has 1 aliphatic carbocycles. The van der Waals surface area contributed by atoms with Crippen LogP contribution in [0.4, 0.5) is 11.5 Å². The van der Waals surface area contributed by atoms with Crippen molar-refractivity contribution >= 4 is 11.5 Å². The third-order valence-corrected chi connectivity index (χ3v) is 5.18. The summed E-state index contributed by atoms with van der Waals surface area (Å²) in [5, 5.41) is 7.41. The van der Waals surface area contributed by atoms with Crippen molar-refractivity contribution in [3.8, 4) is 0 Å². The number of anilines is 2. The van der Waals surface area contributed by atoms with Gasteiger partial charge in [-0.05, 0) is 46.0 Å². The normalized spacial score (nSPS) is 20.1. The van der Waals surface area contributed by atoms with E-state index in [0.29, 0.717) is 6.04 Å². The van der Waals surface area contributed by atoms with Crippen LogP contribution < -0.4 is 10.6 Å². The van der Waals surface area contributed by atoms with Gasteiger partial charge in [0.05, 0.1) is 11.4 Å². The summed E-state index contributed by atoms with van der Waals surface area (Å²) in [4.78, 5) is 9.77. The molecule has 1 aromatic rings. The average Bonchev–Trinajstić information content (AvgIpc) is 3.01. The molecule has 1 aromatic heterocycles. The number of nitrogens with zero attached hydrogens (tertiary/aromatic N) is 2. The van der Waals surface area contributed by atoms with E-state index in [4.69, 9.17) is 9.97 Å². The molecule has 128 valence electrons. The standard InChI is InChI=1S/C19H32N4/c1-4-5-6-11-16-21-15-12-13-19(2,3)23-17(15)18(22-16)20-14-9-7-8-10-14/h14,23H,4-13H2,1-3H3,(H,20,21,22). The molecule has 2 aliphatic rings. The van der Waals surface area contributed by atoms with Crippen LogP contribution in [0, 0.1) is 0 Å². The van der Waals surface area contributed by atoms with E-state index in [2.05, 4.69) is 31.4 Å². The van der Waals surface area contributed by atoms with Crippen molar-refractivity contribution in [3.05, 3.63) is 11.5 Å². The van der Waals surface area contributed by atoms with Gasteiger partial charge in [-0.25, -0.2) is 9.97 Å². The number of fused-ring (bicyclic) bond motifs is 1. The SMILES string of the molecule is CCCCCc1nc2c(c(NC3CCCC3)n1)NC(C)(C)CC2. The van der Waals surface area contributed by atoms with Crippen LogP contribution in [0.2, 0.25) is 0 Å². The molecule has 0 radical (unpaired) electrons. The second-order valence-electron chi connectivity index (χ2n) is 7.90. The molecule has 0 aromatic carbocycles. The lowest BCUT2D eigenvalue weighted by atomic mass is 9.92. The van der Waals surface area contributed by atoms with Crippen LogP contribution in [0.3, 0.4) is 0 Å². The minimum absolute atomic E-state index is 0.131. The molecule has 0 bridgehead atoms. The van der Waals surface area contributed by atoms with Gasteiger partial charge in [0.1, 0.15) is 5.82 Å². The van der Waals surface area contributed by atoms with E-state index < -0.39 is 0 Å². The van der Waals surface area contributed by atoms with Crippen LogP contribution in [-0.4, -0.2) is 21.5 Å². The zero-order valence-corrected chi connectivity index (χ0v) is 15.0. The Hall–Kier alpha value is -1.32. The van der Waals surface area contributed by atoms with Crippen molar-refractivity contribution in [3.63, 3.8) is 0 Å². The number of nitrogens with one attached hydrogen (secondary N) is 2. The summed E-state index contributed by atoms with van der Waals surface area (Å²) in [5.74, 6) is 2.08. The molecule has 3 rings (SSSR count). The number of aromatic nitrogens is 2. The zero-order chi connectivity index (χ0) is 16.3. The molecule has 0 unspecified atom stereocenters. The summed E-state index contributed by atoms with van der Waals surface area (Å²) >= 11 is 0. The molecule has 0 atom stereocenters. The van der Waals surface area contributed by atoms with Gasteiger partial charge in [-0.3, -0.25) is 0 Å². The topological polar surface area (TPSA) is 49.8 Å². The quantitative estimate of drug-likeness (QED) is 0.747. The fourth-order valence-corrected chi connectivity index (χ4v) is 3.72. The number of rotatable bonds is 6. The Morgan fingerprint density at radius 1 is 1.17 bits per heavy atom. The Bertz CT molecular complexity index is 532. The van der Waals surface area contributed by atoms with Crippen LogP contribution in [0.5, 0.6) is 0 Å². The van der Waals surface area contributed by atoms with Crippen molar-refractivity contribution in [2.75, 3.05) is 10.6 Å². The van der Waals surface area contributed by atoms with Gasteiger partial charge in [0.15, 0.2) is 5.82 Å². The van der Waals surface area contributed by atoms with Crippen LogP contribution in [0.1, 0.15) is 83.7 Å². The highest BCUT2D eigenvalue weighted by Crippen LogP contribution is 2.35. The van der Waals surface area contributed by atoms with Gasteiger partial charge in [-0.15, -0.1) is 0 Å².